The number of ether oxygens (including phenoxy) is 2. The Morgan fingerprint density at radius 2 is 1.75 bits per heavy atom. The maximum atomic E-state index is 11.9. The van der Waals surface area contributed by atoms with Crippen molar-refractivity contribution in [3.05, 3.63) is 84.1 Å². The molecule has 0 amide bonds. The number of hydrogen-bond donors (Lipinski definition) is 2. The zero-order valence-corrected chi connectivity index (χ0v) is 24.6. The summed E-state index contributed by atoms with van der Waals surface area (Å²) in [5, 5.41) is 9.76. The Bertz CT molecular complexity index is 1350. The van der Waals surface area contributed by atoms with E-state index in [1.807, 2.05) is 6.07 Å². The second-order valence-corrected chi connectivity index (χ2v) is 8.77. The summed E-state index contributed by atoms with van der Waals surface area (Å²) in [6, 6.07) is 15.3. The molecule has 1 aliphatic heterocycles. The summed E-state index contributed by atoms with van der Waals surface area (Å²) in [4.78, 5) is 14.2. The molecule has 209 valence electrons. The molecular formula is C27H28F3N6O3Y-. The van der Waals surface area contributed by atoms with E-state index in [1.165, 1.54) is 12.4 Å². The van der Waals surface area contributed by atoms with Crippen molar-refractivity contribution in [1.29, 1.82) is 0 Å². The fourth-order valence-corrected chi connectivity index (χ4v) is 4.05. The molecule has 0 saturated carbocycles. The fourth-order valence-electron chi connectivity index (χ4n) is 4.05. The predicted molar refractivity (Wildman–Crippen MR) is 141 cm³/mol. The molecule has 0 unspecified atom stereocenters. The van der Waals surface area contributed by atoms with Crippen LogP contribution in [0.1, 0.15) is 24.1 Å². The Morgan fingerprint density at radius 3 is 2.33 bits per heavy atom. The monoisotopic (exact) mass is 630 g/mol. The average molecular weight is 630 g/mol. The van der Waals surface area contributed by atoms with E-state index in [0.717, 1.165) is 54.8 Å². The zero-order valence-electron chi connectivity index (χ0n) is 21.7. The van der Waals surface area contributed by atoms with Crippen molar-refractivity contribution >= 4 is 22.3 Å². The van der Waals surface area contributed by atoms with Gasteiger partial charge in [0.15, 0.2) is 0 Å². The van der Waals surface area contributed by atoms with Crippen LogP contribution in [0.4, 0.5) is 24.5 Å². The van der Waals surface area contributed by atoms with Crippen molar-refractivity contribution in [2.24, 2.45) is 0 Å². The molecule has 4 aromatic rings. The largest absolute Gasteiger partial charge is 0.674 e. The third kappa shape index (κ3) is 8.31. The number of aromatic nitrogens is 3. The van der Waals surface area contributed by atoms with E-state index in [9.17, 15) is 13.2 Å². The van der Waals surface area contributed by atoms with Crippen LogP contribution in [-0.2, 0) is 50.2 Å². The summed E-state index contributed by atoms with van der Waals surface area (Å²) in [6.07, 6.45) is 0.617. The molecule has 2 aromatic carbocycles. The van der Waals surface area contributed by atoms with Gasteiger partial charge in [0.05, 0.1) is 22.7 Å². The number of fused-ring (bicyclic) bond motifs is 1. The van der Waals surface area contributed by atoms with Crippen LogP contribution in [0.15, 0.2) is 67.1 Å². The zero-order chi connectivity index (χ0) is 27.8. The third-order valence-corrected chi connectivity index (χ3v) is 6.24. The molecule has 0 spiro atoms. The fraction of sp³-hybridized carbons (Fsp3) is 0.296. The number of rotatable bonds is 6. The number of halogens is 3. The SMILES string of the molecule is COC1CCN(c2ccc3c(Oc4ccc(NO)cc4)ncnc3c2)CC1.[NH-]Cc1ccc(C(F)(F)F)nc1.[Y]. The molecule has 1 aliphatic rings. The number of hydrogen-bond acceptors (Lipinski definition) is 8. The van der Waals surface area contributed by atoms with Gasteiger partial charge in [-0.15, -0.1) is 6.54 Å². The van der Waals surface area contributed by atoms with Crippen LogP contribution in [0.2, 0.25) is 0 Å². The van der Waals surface area contributed by atoms with Crippen LogP contribution < -0.4 is 15.1 Å². The minimum Gasteiger partial charge on any atom is -0.674 e. The number of pyridine rings is 1. The molecule has 13 heteroatoms. The van der Waals surface area contributed by atoms with Gasteiger partial charge in [-0.05, 0) is 61.4 Å². The Labute approximate surface area is 254 Å². The van der Waals surface area contributed by atoms with Crippen LogP contribution in [0, 0.1) is 0 Å². The van der Waals surface area contributed by atoms with Crippen LogP contribution in [0.5, 0.6) is 11.6 Å². The van der Waals surface area contributed by atoms with Crippen molar-refractivity contribution in [2.75, 3.05) is 30.6 Å². The van der Waals surface area contributed by atoms with E-state index >= 15 is 0 Å². The first kappa shape index (κ1) is 31.6. The molecule has 9 nitrogen and oxygen atoms in total. The number of nitrogens with zero attached hydrogens (tertiary/aromatic N) is 4. The van der Waals surface area contributed by atoms with E-state index < -0.39 is 11.9 Å². The summed E-state index contributed by atoms with van der Waals surface area (Å²) in [5.41, 5.74) is 11.1. The van der Waals surface area contributed by atoms with Crippen LogP contribution in [0.25, 0.3) is 16.6 Å². The van der Waals surface area contributed by atoms with Gasteiger partial charge in [-0.3, -0.25) is 15.7 Å². The van der Waals surface area contributed by atoms with Gasteiger partial charge in [0.1, 0.15) is 17.8 Å². The Kier molecular flexibility index (Phi) is 11.6. The maximum absolute atomic E-state index is 11.9. The number of methoxy groups -OCH3 is 1. The smallest absolute Gasteiger partial charge is 0.433 e. The number of piperidine rings is 1. The second kappa shape index (κ2) is 14.7. The molecule has 40 heavy (non-hydrogen) atoms. The number of alkyl halides is 3. The van der Waals surface area contributed by atoms with E-state index in [4.69, 9.17) is 20.4 Å². The van der Waals surface area contributed by atoms with Gasteiger partial charge in [0, 0.05) is 64.8 Å². The second-order valence-electron chi connectivity index (χ2n) is 8.77. The van der Waals surface area contributed by atoms with Gasteiger partial charge < -0.3 is 20.1 Å². The van der Waals surface area contributed by atoms with E-state index in [2.05, 4.69) is 37.5 Å². The first-order valence-electron chi connectivity index (χ1n) is 12.2. The van der Waals surface area contributed by atoms with Crippen molar-refractivity contribution in [3.63, 3.8) is 0 Å². The van der Waals surface area contributed by atoms with Crippen molar-refractivity contribution in [1.82, 2.24) is 15.0 Å². The van der Waals surface area contributed by atoms with Gasteiger partial charge in [0.2, 0.25) is 5.88 Å². The topological polar surface area (TPSA) is 116 Å². The maximum Gasteiger partial charge on any atom is 0.433 e. The van der Waals surface area contributed by atoms with Crippen molar-refractivity contribution in [3.8, 4) is 11.6 Å². The molecule has 1 saturated heterocycles. The minimum atomic E-state index is -4.39. The van der Waals surface area contributed by atoms with Crippen molar-refractivity contribution in [2.45, 2.75) is 31.7 Å². The first-order valence-corrected chi connectivity index (χ1v) is 12.2. The predicted octanol–water partition coefficient (Wildman–Crippen LogP) is 6.49. The number of nitrogens with one attached hydrogen (secondary N) is 2. The molecule has 1 fully saturated rings. The standard InChI is InChI=1S/C20H22N4O3.C7H6F3N2.Y/c1-26-16-8-10-24(11-9-16)15-4-7-18-19(12-15)21-13-22-20(18)27-17-5-2-14(23-25)3-6-17;8-7(9,10)6-2-1-5(3-11)4-12-6;/h2-7,12-13,16,23,25H,8-11H2,1H3;1-2,4,11H,3H2;/q;-1;. The Balaban J connectivity index is 0.000000287. The van der Waals surface area contributed by atoms with Crippen LogP contribution in [0.3, 0.4) is 0 Å². The number of anilines is 2. The summed E-state index contributed by atoms with van der Waals surface area (Å²) < 4.78 is 47.1. The summed E-state index contributed by atoms with van der Waals surface area (Å²) in [5.74, 6) is 1.15. The van der Waals surface area contributed by atoms with Gasteiger partial charge >= 0.3 is 6.18 Å². The third-order valence-electron chi connectivity index (χ3n) is 6.24. The summed E-state index contributed by atoms with van der Waals surface area (Å²) >= 11 is 0. The van der Waals surface area contributed by atoms with Gasteiger partial charge in [-0.1, -0.05) is 11.6 Å². The van der Waals surface area contributed by atoms with Gasteiger partial charge in [-0.25, -0.2) is 9.97 Å². The molecule has 3 heterocycles. The summed E-state index contributed by atoms with van der Waals surface area (Å²) in [7, 11) is 1.78. The van der Waals surface area contributed by atoms with E-state index in [0.29, 0.717) is 29.0 Å². The molecule has 0 aliphatic carbocycles. The van der Waals surface area contributed by atoms with Gasteiger partial charge in [-0.2, -0.15) is 13.2 Å². The quantitative estimate of drug-likeness (QED) is 0.233. The summed E-state index contributed by atoms with van der Waals surface area (Å²) in [6.45, 7) is 1.90. The molecular weight excluding hydrogens is 602 g/mol. The van der Waals surface area contributed by atoms with Gasteiger partial charge in [0.25, 0.3) is 0 Å². The molecule has 0 bridgehead atoms. The molecule has 0 atom stereocenters. The number of benzene rings is 2. The molecule has 1 radical (unpaired) electrons. The molecule has 5 rings (SSSR count). The average Bonchev–Trinajstić information content (AvgIpc) is 2.97. The van der Waals surface area contributed by atoms with Crippen LogP contribution in [-0.4, -0.2) is 46.5 Å². The van der Waals surface area contributed by atoms with Crippen molar-refractivity contribution < 1.29 is 60.6 Å². The first-order chi connectivity index (χ1) is 18.8. The molecule has 3 N–H and O–H groups in total. The van der Waals surface area contributed by atoms with Crippen LogP contribution >= 0.6 is 0 Å². The van der Waals surface area contributed by atoms with E-state index in [1.54, 1.807) is 31.4 Å². The minimum absolute atomic E-state index is 0. The Morgan fingerprint density at radius 1 is 1.02 bits per heavy atom. The Hall–Kier alpha value is -2.90. The van der Waals surface area contributed by atoms with E-state index in [-0.39, 0.29) is 39.3 Å². The normalized spacial score (nSPS) is 13.7. The molecule has 2 aromatic heterocycles.